The number of carbonyl (C=O) groups excluding carboxylic acids is 1. The zero-order valence-corrected chi connectivity index (χ0v) is 7.97. The van der Waals surface area contributed by atoms with Crippen molar-refractivity contribution in [2.24, 2.45) is 0 Å². The molecule has 1 aromatic carbocycles. The van der Waals surface area contributed by atoms with Gasteiger partial charge in [-0.2, -0.15) is 0 Å². The van der Waals surface area contributed by atoms with E-state index in [0.717, 1.165) is 10.9 Å². The molecule has 0 unspecified atom stereocenters. The van der Waals surface area contributed by atoms with E-state index < -0.39 is 18.5 Å². The molecule has 0 spiro atoms. The highest BCUT2D eigenvalue weighted by Gasteiger charge is 2.19. The number of benzene rings is 1. The monoisotopic (exact) mass is 205 g/mol. The third-order valence-corrected chi connectivity index (χ3v) is 2.33. The molecule has 2 rings (SSSR count). The number of nitrogens with one attached hydrogen (secondary N) is 1. The number of Topliss-reactive ketones (excluding diaryl/α,β-unsaturated/α-hetero) is 1. The molecule has 3 N–H and O–H groups in total. The van der Waals surface area contributed by atoms with E-state index in [4.69, 9.17) is 5.11 Å². The number of hydrogen-bond donors (Lipinski definition) is 3. The summed E-state index contributed by atoms with van der Waals surface area (Å²) in [5, 5.41) is 18.7. The molecule has 2 aromatic rings. The molecule has 0 aliphatic carbocycles. The van der Waals surface area contributed by atoms with Crippen molar-refractivity contribution in [3.8, 4) is 0 Å². The van der Waals surface area contributed by atoms with Crippen LogP contribution in [0.4, 0.5) is 0 Å². The predicted molar refractivity (Wildman–Crippen MR) is 55.7 cm³/mol. The van der Waals surface area contributed by atoms with Crippen molar-refractivity contribution in [1.82, 2.24) is 4.98 Å². The summed E-state index contributed by atoms with van der Waals surface area (Å²) >= 11 is 0. The first-order valence-corrected chi connectivity index (χ1v) is 4.63. The van der Waals surface area contributed by atoms with Gasteiger partial charge in [-0.15, -0.1) is 0 Å². The quantitative estimate of drug-likeness (QED) is 0.646. The van der Waals surface area contributed by atoms with Crippen LogP contribution in [0.2, 0.25) is 0 Å². The van der Waals surface area contributed by atoms with Crippen molar-refractivity contribution < 1.29 is 15.0 Å². The smallest absolute Gasteiger partial charge is 0.195 e. The zero-order valence-electron chi connectivity index (χ0n) is 7.97. The summed E-state index contributed by atoms with van der Waals surface area (Å²) in [6.07, 6.45) is 0.204. The number of ketones is 1. The van der Waals surface area contributed by atoms with Crippen LogP contribution in [0.25, 0.3) is 10.9 Å². The molecule has 0 aliphatic heterocycles. The Kier molecular flexibility index (Phi) is 2.53. The Morgan fingerprint density at radius 2 is 2.13 bits per heavy atom. The first-order chi connectivity index (χ1) is 7.24. The number of aromatic nitrogens is 1. The van der Waals surface area contributed by atoms with Gasteiger partial charge in [-0.05, 0) is 6.07 Å². The normalized spacial score (nSPS) is 12.9. The highest BCUT2D eigenvalue weighted by molar-refractivity contribution is 6.09. The van der Waals surface area contributed by atoms with Crippen LogP contribution in [0, 0.1) is 0 Å². The van der Waals surface area contributed by atoms with Gasteiger partial charge in [0.1, 0.15) is 6.10 Å². The van der Waals surface area contributed by atoms with Gasteiger partial charge >= 0.3 is 0 Å². The van der Waals surface area contributed by atoms with Crippen LogP contribution >= 0.6 is 0 Å². The third-order valence-electron chi connectivity index (χ3n) is 2.33. The van der Waals surface area contributed by atoms with Gasteiger partial charge in [-0.1, -0.05) is 18.2 Å². The Bertz CT molecular complexity index is 489. The Morgan fingerprint density at radius 3 is 2.87 bits per heavy atom. The molecule has 15 heavy (non-hydrogen) atoms. The zero-order chi connectivity index (χ0) is 10.8. The fraction of sp³-hybridized carbons (Fsp3) is 0.182. The molecule has 0 saturated carbocycles. The van der Waals surface area contributed by atoms with E-state index in [-0.39, 0.29) is 0 Å². The SMILES string of the molecule is O=C(c1c[nH]c2ccccc12)[C@H](O)CO. The molecule has 4 heteroatoms. The van der Waals surface area contributed by atoms with Crippen LogP contribution in [0.1, 0.15) is 10.4 Å². The number of rotatable bonds is 3. The average Bonchev–Trinajstić information content (AvgIpc) is 2.70. The Labute approximate surface area is 86.2 Å². The van der Waals surface area contributed by atoms with Gasteiger partial charge in [-0.25, -0.2) is 0 Å². The minimum absolute atomic E-state index is 0.409. The summed E-state index contributed by atoms with van der Waals surface area (Å²) in [5.41, 5.74) is 1.25. The van der Waals surface area contributed by atoms with Crippen molar-refractivity contribution in [2.75, 3.05) is 6.61 Å². The largest absolute Gasteiger partial charge is 0.393 e. The van der Waals surface area contributed by atoms with Gasteiger partial charge in [0, 0.05) is 22.7 Å². The second-order valence-corrected chi connectivity index (χ2v) is 3.31. The minimum atomic E-state index is -1.34. The van der Waals surface area contributed by atoms with Crippen LogP contribution in [-0.4, -0.2) is 33.7 Å². The number of aliphatic hydroxyl groups is 2. The molecular formula is C11H11NO3. The summed E-state index contributed by atoms with van der Waals surface area (Å²) < 4.78 is 0. The summed E-state index contributed by atoms with van der Waals surface area (Å²) in [6.45, 7) is -0.557. The van der Waals surface area contributed by atoms with E-state index in [9.17, 15) is 9.90 Å². The second kappa shape index (κ2) is 3.84. The van der Waals surface area contributed by atoms with Crippen molar-refractivity contribution in [3.05, 3.63) is 36.0 Å². The summed E-state index contributed by atoms with van der Waals surface area (Å²) in [7, 11) is 0. The number of aromatic amines is 1. The standard InChI is InChI=1S/C11H11NO3/c13-6-10(14)11(15)8-5-12-9-4-2-1-3-7(8)9/h1-5,10,12-14H,6H2/t10-/m1/s1. The van der Waals surface area contributed by atoms with Gasteiger partial charge < -0.3 is 15.2 Å². The second-order valence-electron chi connectivity index (χ2n) is 3.31. The molecule has 1 atom stereocenters. The Balaban J connectivity index is 2.48. The molecule has 0 bridgehead atoms. The van der Waals surface area contributed by atoms with E-state index in [1.807, 2.05) is 18.2 Å². The topological polar surface area (TPSA) is 73.3 Å². The summed E-state index contributed by atoms with van der Waals surface area (Å²) in [6, 6.07) is 7.31. The van der Waals surface area contributed by atoms with E-state index >= 15 is 0 Å². The maximum atomic E-state index is 11.6. The van der Waals surface area contributed by atoms with Crippen molar-refractivity contribution in [1.29, 1.82) is 0 Å². The first kappa shape index (κ1) is 9.89. The lowest BCUT2D eigenvalue weighted by molar-refractivity contribution is 0.0589. The van der Waals surface area contributed by atoms with Gasteiger partial charge in [0.25, 0.3) is 0 Å². The van der Waals surface area contributed by atoms with E-state index in [2.05, 4.69) is 4.98 Å². The number of hydrogen-bond acceptors (Lipinski definition) is 3. The number of fused-ring (bicyclic) bond motifs is 1. The van der Waals surface area contributed by atoms with Gasteiger partial charge in [-0.3, -0.25) is 4.79 Å². The van der Waals surface area contributed by atoms with Crippen LogP contribution in [-0.2, 0) is 0 Å². The first-order valence-electron chi connectivity index (χ1n) is 4.63. The molecule has 1 heterocycles. The summed E-state index contributed by atoms with van der Waals surface area (Å²) in [4.78, 5) is 14.6. The van der Waals surface area contributed by atoms with Crippen LogP contribution in [0.3, 0.4) is 0 Å². The molecule has 4 nitrogen and oxygen atoms in total. The van der Waals surface area contributed by atoms with Crippen LogP contribution < -0.4 is 0 Å². The molecule has 0 amide bonds. The Hall–Kier alpha value is -1.65. The number of aliphatic hydroxyl groups excluding tert-OH is 2. The minimum Gasteiger partial charge on any atom is -0.393 e. The van der Waals surface area contributed by atoms with Crippen molar-refractivity contribution >= 4 is 16.7 Å². The summed E-state index contributed by atoms with van der Waals surface area (Å²) in [5.74, 6) is -0.463. The predicted octanol–water partition coefficient (Wildman–Crippen LogP) is 0.704. The van der Waals surface area contributed by atoms with Crippen LogP contribution in [0.5, 0.6) is 0 Å². The van der Waals surface area contributed by atoms with E-state index in [1.165, 1.54) is 0 Å². The lowest BCUT2D eigenvalue weighted by atomic mass is 10.1. The molecule has 1 aromatic heterocycles. The van der Waals surface area contributed by atoms with Crippen LogP contribution in [0.15, 0.2) is 30.5 Å². The van der Waals surface area contributed by atoms with Crippen molar-refractivity contribution in [3.63, 3.8) is 0 Å². The molecule has 0 aliphatic rings. The fourth-order valence-corrected chi connectivity index (χ4v) is 1.54. The molecule has 78 valence electrons. The highest BCUT2D eigenvalue weighted by Crippen LogP contribution is 2.18. The lowest BCUT2D eigenvalue weighted by Crippen LogP contribution is -2.23. The lowest BCUT2D eigenvalue weighted by Gasteiger charge is -2.04. The van der Waals surface area contributed by atoms with Gasteiger partial charge in [0.15, 0.2) is 5.78 Å². The third kappa shape index (κ3) is 1.65. The molecular weight excluding hydrogens is 194 g/mol. The number of carbonyl (C=O) groups is 1. The van der Waals surface area contributed by atoms with E-state index in [0.29, 0.717) is 5.56 Å². The maximum Gasteiger partial charge on any atom is 0.195 e. The Morgan fingerprint density at radius 1 is 1.40 bits per heavy atom. The van der Waals surface area contributed by atoms with Crippen molar-refractivity contribution in [2.45, 2.75) is 6.10 Å². The van der Waals surface area contributed by atoms with Gasteiger partial charge in [0.2, 0.25) is 0 Å². The highest BCUT2D eigenvalue weighted by atomic mass is 16.3. The fourth-order valence-electron chi connectivity index (χ4n) is 1.54. The number of H-pyrrole nitrogens is 1. The maximum absolute atomic E-state index is 11.6. The number of para-hydroxylation sites is 1. The van der Waals surface area contributed by atoms with Gasteiger partial charge in [0.05, 0.1) is 6.61 Å². The molecule has 0 fully saturated rings. The van der Waals surface area contributed by atoms with E-state index in [1.54, 1.807) is 12.3 Å². The molecule has 0 saturated heterocycles. The average molecular weight is 205 g/mol. The molecule has 0 radical (unpaired) electrons.